The van der Waals surface area contributed by atoms with E-state index in [1.54, 1.807) is 19.1 Å². The molecule has 1 aromatic rings. The standard InChI is InChI=1S/C18H29N3O3S/c1-13-10-14(2)12-17(11-13)21(25(5,23)24)15(3)18(22)19-16-6-8-20(4)9-7-16/h10-12,15-16H,6-9H2,1-5H3,(H,19,22)/t15-/m0/s1. The monoisotopic (exact) mass is 367 g/mol. The van der Waals surface area contributed by atoms with E-state index in [0.717, 1.165) is 43.3 Å². The lowest BCUT2D eigenvalue weighted by atomic mass is 10.1. The molecule has 7 heteroatoms. The van der Waals surface area contributed by atoms with Crippen LogP contribution in [-0.2, 0) is 14.8 Å². The van der Waals surface area contributed by atoms with Gasteiger partial charge in [-0.05, 0) is 77.0 Å². The summed E-state index contributed by atoms with van der Waals surface area (Å²) in [5.74, 6) is -0.251. The van der Waals surface area contributed by atoms with Gasteiger partial charge in [-0.3, -0.25) is 9.10 Å². The Kier molecular flexibility index (Phi) is 6.11. The first kappa shape index (κ1) is 19.7. The Morgan fingerprint density at radius 3 is 2.20 bits per heavy atom. The summed E-state index contributed by atoms with van der Waals surface area (Å²) in [6, 6.07) is 4.89. The lowest BCUT2D eigenvalue weighted by Crippen LogP contribution is -2.52. The van der Waals surface area contributed by atoms with Gasteiger partial charge in [-0.1, -0.05) is 6.07 Å². The van der Waals surface area contributed by atoms with E-state index in [-0.39, 0.29) is 11.9 Å². The van der Waals surface area contributed by atoms with Crippen LogP contribution in [0.25, 0.3) is 0 Å². The molecule has 6 nitrogen and oxygen atoms in total. The molecule has 0 radical (unpaired) electrons. The number of amides is 1. The van der Waals surface area contributed by atoms with Gasteiger partial charge in [0.05, 0.1) is 11.9 Å². The molecule has 0 bridgehead atoms. The maximum absolute atomic E-state index is 12.7. The van der Waals surface area contributed by atoms with E-state index in [1.165, 1.54) is 4.31 Å². The molecule has 0 aromatic heterocycles. The van der Waals surface area contributed by atoms with Gasteiger partial charge in [0.15, 0.2) is 0 Å². The molecule has 1 aliphatic rings. The van der Waals surface area contributed by atoms with Gasteiger partial charge in [0.1, 0.15) is 6.04 Å². The van der Waals surface area contributed by atoms with Crippen LogP contribution in [0.3, 0.4) is 0 Å². The molecule has 140 valence electrons. The number of nitrogens with zero attached hydrogens (tertiary/aromatic N) is 2. The number of benzene rings is 1. The average molecular weight is 368 g/mol. The van der Waals surface area contributed by atoms with Crippen molar-refractivity contribution >= 4 is 21.6 Å². The van der Waals surface area contributed by atoms with E-state index < -0.39 is 16.1 Å². The van der Waals surface area contributed by atoms with Crippen LogP contribution >= 0.6 is 0 Å². The first-order chi connectivity index (χ1) is 11.6. The average Bonchev–Trinajstić information content (AvgIpc) is 2.47. The fraction of sp³-hybridized carbons (Fsp3) is 0.611. The molecule has 1 aliphatic heterocycles. The SMILES string of the molecule is Cc1cc(C)cc(N([C@@H](C)C(=O)NC2CCN(C)CC2)S(C)(=O)=O)c1. The summed E-state index contributed by atoms with van der Waals surface area (Å²) in [6.07, 6.45) is 2.92. The van der Waals surface area contributed by atoms with Crippen molar-refractivity contribution in [3.8, 4) is 0 Å². The first-order valence-electron chi connectivity index (χ1n) is 8.64. The van der Waals surface area contributed by atoms with Crippen molar-refractivity contribution in [1.82, 2.24) is 10.2 Å². The molecule has 0 spiro atoms. The summed E-state index contributed by atoms with van der Waals surface area (Å²) in [6.45, 7) is 7.35. The van der Waals surface area contributed by atoms with Crippen LogP contribution < -0.4 is 9.62 Å². The maximum atomic E-state index is 12.7. The van der Waals surface area contributed by atoms with Crippen LogP contribution in [0.5, 0.6) is 0 Å². The van der Waals surface area contributed by atoms with Crippen LogP contribution in [-0.4, -0.2) is 57.7 Å². The third-order valence-electron chi connectivity index (χ3n) is 4.61. The van der Waals surface area contributed by atoms with Crippen molar-refractivity contribution in [2.24, 2.45) is 0 Å². The van der Waals surface area contributed by atoms with Crippen molar-refractivity contribution in [2.75, 3.05) is 30.7 Å². The van der Waals surface area contributed by atoms with Gasteiger partial charge < -0.3 is 10.2 Å². The number of rotatable bonds is 5. The number of carbonyl (C=O) groups is 1. The Hall–Kier alpha value is -1.60. The number of aryl methyl sites for hydroxylation is 2. The molecule has 25 heavy (non-hydrogen) atoms. The number of nitrogens with one attached hydrogen (secondary N) is 1. The van der Waals surface area contributed by atoms with E-state index in [1.807, 2.05) is 19.9 Å². The summed E-state index contributed by atoms with van der Waals surface area (Å²) in [4.78, 5) is 14.9. The smallest absolute Gasteiger partial charge is 0.243 e. The van der Waals surface area contributed by atoms with Gasteiger partial charge in [-0.2, -0.15) is 0 Å². The zero-order valence-electron chi connectivity index (χ0n) is 15.7. The minimum Gasteiger partial charge on any atom is -0.351 e. The second kappa shape index (κ2) is 7.74. The number of anilines is 1. The molecule has 0 aliphatic carbocycles. The van der Waals surface area contributed by atoms with E-state index in [4.69, 9.17) is 0 Å². The van der Waals surface area contributed by atoms with Gasteiger partial charge in [0.2, 0.25) is 15.9 Å². The summed E-state index contributed by atoms with van der Waals surface area (Å²) < 4.78 is 26.0. The highest BCUT2D eigenvalue weighted by atomic mass is 32.2. The van der Waals surface area contributed by atoms with Crippen LogP contribution in [0.1, 0.15) is 30.9 Å². The molecule has 0 saturated carbocycles. The Bertz CT molecular complexity index is 705. The first-order valence-corrected chi connectivity index (χ1v) is 10.5. The van der Waals surface area contributed by atoms with E-state index >= 15 is 0 Å². The number of likely N-dealkylation sites (tertiary alicyclic amines) is 1. The van der Waals surface area contributed by atoms with Crippen molar-refractivity contribution in [1.29, 1.82) is 0 Å². The highest BCUT2D eigenvalue weighted by Gasteiger charge is 2.31. The minimum atomic E-state index is -3.58. The molecule has 1 atom stereocenters. The van der Waals surface area contributed by atoms with Crippen LogP contribution in [0, 0.1) is 13.8 Å². The van der Waals surface area contributed by atoms with Gasteiger partial charge in [0.25, 0.3) is 0 Å². The van der Waals surface area contributed by atoms with Crippen LogP contribution in [0.15, 0.2) is 18.2 Å². The zero-order valence-corrected chi connectivity index (χ0v) is 16.6. The normalized spacial score (nSPS) is 18.0. The predicted molar refractivity (Wildman–Crippen MR) is 101 cm³/mol. The molecular weight excluding hydrogens is 338 g/mol. The largest absolute Gasteiger partial charge is 0.351 e. The highest BCUT2D eigenvalue weighted by molar-refractivity contribution is 7.92. The fourth-order valence-electron chi connectivity index (χ4n) is 3.36. The summed E-state index contributed by atoms with van der Waals surface area (Å²) in [7, 11) is -1.52. The van der Waals surface area contributed by atoms with Gasteiger partial charge in [0, 0.05) is 6.04 Å². The van der Waals surface area contributed by atoms with E-state index in [2.05, 4.69) is 17.3 Å². The lowest BCUT2D eigenvalue weighted by Gasteiger charge is -2.33. The third-order valence-corrected chi connectivity index (χ3v) is 5.86. The number of carbonyl (C=O) groups excluding carboxylic acids is 1. The van der Waals surface area contributed by atoms with Crippen molar-refractivity contribution in [3.63, 3.8) is 0 Å². The number of sulfonamides is 1. The lowest BCUT2D eigenvalue weighted by molar-refractivity contribution is -0.122. The number of piperidine rings is 1. The van der Waals surface area contributed by atoms with E-state index in [9.17, 15) is 13.2 Å². The van der Waals surface area contributed by atoms with Gasteiger partial charge in [-0.25, -0.2) is 8.42 Å². The number of hydrogen-bond donors (Lipinski definition) is 1. The molecule has 1 N–H and O–H groups in total. The van der Waals surface area contributed by atoms with Crippen molar-refractivity contribution in [2.45, 2.75) is 45.7 Å². The van der Waals surface area contributed by atoms with Gasteiger partial charge >= 0.3 is 0 Å². The summed E-state index contributed by atoms with van der Waals surface area (Å²) in [5, 5.41) is 3.02. The topological polar surface area (TPSA) is 69.7 Å². The second-order valence-electron chi connectivity index (χ2n) is 7.17. The highest BCUT2D eigenvalue weighted by Crippen LogP contribution is 2.24. The Labute approximate surface area is 151 Å². The summed E-state index contributed by atoms with van der Waals surface area (Å²) in [5.41, 5.74) is 2.46. The molecular formula is C18H29N3O3S. The fourth-order valence-corrected chi connectivity index (χ4v) is 4.52. The summed E-state index contributed by atoms with van der Waals surface area (Å²) >= 11 is 0. The van der Waals surface area contributed by atoms with Crippen LogP contribution in [0.4, 0.5) is 5.69 Å². The van der Waals surface area contributed by atoms with Crippen LogP contribution in [0.2, 0.25) is 0 Å². The molecule has 1 heterocycles. The zero-order chi connectivity index (χ0) is 18.8. The Morgan fingerprint density at radius 2 is 1.72 bits per heavy atom. The molecule has 2 rings (SSSR count). The molecule has 1 fully saturated rings. The van der Waals surface area contributed by atoms with E-state index in [0.29, 0.717) is 5.69 Å². The quantitative estimate of drug-likeness (QED) is 0.859. The number of hydrogen-bond acceptors (Lipinski definition) is 4. The minimum absolute atomic E-state index is 0.104. The maximum Gasteiger partial charge on any atom is 0.243 e. The molecule has 1 saturated heterocycles. The molecule has 0 unspecified atom stereocenters. The third kappa shape index (κ3) is 5.19. The Balaban J connectivity index is 2.21. The van der Waals surface area contributed by atoms with Crippen molar-refractivity contribution in [3.05, 3.63) is 29.3 Å². The predicted octanol–water partition coefficient (Wildman–Crippen LogP) is 1.67. The Morgan fingerprint density at radius 1 is 1.20 bits per heavy atom. The van der Waals surface area contributed by atoms with Crippen molar-refractivity contribution < 1.29 is 13.2 Å². The second-order valence-corrected chi connectivity index (χ2v) is 9.03. The molecule has 1 aromatic carbocycles. The molecule has 1 amide bonds. The van der Waals surface area contributed by atoms with Gasteiger partial charge in [-0.15, -0.1) is 0 Å².